The SMILES string of the molecule is Cc1cc(C)cc(NC(=O)Cc2ccncc2)c1. The molecule has 1 aromatic carbocycles. The van der Waals surface area contributed by atoms with E-state index in [2.05, 4.69) is 16.4 Å². The van der Waals surface area contributed by atoms with Crippen LogP contribution in [0.2, 0.25) is 0 Å². The van der Waals surface area contributed by atoms with Gasteiger partial charge in [-0.2, -0.15) is 0 Å². The van der Waals surface area contributed by atoms with Crippen molar-refractivity contribution in [3.05, 3.63) is 59.4 Å². The zero-order valence-corrected chi connectivity index (χ0v) is 10.6. The zero-order chi connectivity index (χ0) is 13.0. The van der Waals surface area contributed by atoms with Crippen molar-refractivity contribution in [3.8, 4) is 0 Å². The van der Waals surface area contributed by atoms with E-state index in [1.165, 1.54) is 0 Å². The topological polar surface area (TPSA) is 42.0 Å². The van der Waals surface area contributed by atoms with Crippen molar-refractivity contribution < 1.29 is 4.79 Å². The molecule has 1 amide bonds. The third-order valence-corrected chi connectivity index (χ3v) is 2.62. The van der Waals surface area contributed by atoms with Gasteiger partial charge in [-0.05, 0) is 54.8 Å². The first-order valence-corrected chi connectivity index (χ1v) is 5.90. The lowest BCUT2D eigenvalue weighted by Crippen LogP contribution is -2.14. The molecule has 2 aromatic rings. The monoisotopic (exact) mass is 240 g/mol. The number of aryl methyl sites for hydroxylation is 2. The highest BCUT2D eigenvalue weighted by Gasteiger charge is 2.04. The number of aromatic nitrogens is 1. The standard InChI is InChI=1S/C15H16N2O/c1-11-7-12(2)9-14(8-11)17-15(18)10-13-3-5-16-6-4-13/h3-9H,10H2,1-2H3,(H,17,18). The van der Waals surface area contributed by atoms with Crippen LogP contribution in [0.1, 0.15) is 16.7 Å². The number of amides is 1. The van der Waals surface area contributed by atoms with Gasteiger partial charge < -0.3 is 5.32 Å². The molecule has 3 nitrogen and oxygen atoms in total. The molecular formula is C15H16N2O. The number of carbonyl (C=O) groups is 1. The molecule has 0 spiro atoms. The number of pyridine rings is 1. The minimum absolute atomic E-state index is 0.00815. The summed E-state index contributed by atoms with van der Waals surface area (Å²) >= 11 is 0. The maximum absolute atomic E-state index is 11.9. The molecule has 0 saturated heterocycles. The van der Waals surface area contributed by atoms with Crippen molar-refractivity contribution in [2.75, 3.05) is 5.32 Å². The van der Waals surface area contributed by atoms with Gasteiger partial charge in [0.1, 0.15) is 0 Å². The maximum Gasteiger partial charge on any atom is 0.228 e. The predicted molar refractivity (Wildman–Crippen MR) is 72.5 cm³/mol. The number of hydrogen-bond acceptors (Lipinski definition) is 2. The van der Waals surface area contributed by atoms with E-state index < -0.39 is 0 Å². The average molecular weight is 240 g/mol. The fourth-order valence-corrected chi connectivity index (χ4v) is 1.94. The Balaban J connectivity index is 2.03. The van der Waals surface area contributed by atoms with E-state index in [4.69, 9.17) is 0 Å². The Morgan fingerprint density at radius 3 is 2.33 bits per heavy atom. The van der Waals surface area contributed by atoms with Crippen LogP contribution in [0, 0.1) is 13.8 Å². The second kappa shape index (κ2) is 5.45. The van der Waals surface area contributed by atoms with Crippen LogP contribution in [-0.2, 0) is 11.2 Å². The lowest BCUT2D eigenvalue weighted by molar-refractivity contribution is -0.115. The molecule has 0 aliphatic rings. The number of hydrogen-bond donors (Lipinski definition) is 1. The highest BCUT2D eigenvalue weighted by molar-refractivity contribution is 5.92. The van der Waals surface area contributed by atoms with Crippen molar-refractivity contribution in [1.29, 1.82) is 0 Å². The summed E-state index contributed by atoms with van der Waals surface area (Å²) < 4.78 is 0. The Morgan fingerprint density at radius 2 is 1.72 bits per heavy atom. The van der Waals surface area contributed by atoms with Crippen LogP contribution < -0.4 is 5.32 Å². The number of benzene rings is 1. The largest absolute Gasteiger partial charge is 0.326 e. The minimum atomic E-state index is -0.00815. The van der Waals surface area contributed by atoms with Crippen molar-refractivity contribution in [2.45, 2.75) is 20.3 Å². The third-order valence-electron chi connectivity index (χ3n) is 2.62. The van der Waals surface area contributed by atoms with Gasteiger partial charge in [-0.25, -0.2) is 0 Å². The summed E-state index contributed by atoms with van der Waals surface area (Å²) in [6, 6.07) is 9.72. The van der Waals surface area contributed by atoms with Crippen LogP contribution in [0.25, 0.3) is 0 Å². The number of anilines is 1. The molecular weight excluding hydrogens is 224 g/mol. The number of nitrogens with zero attached hydrogens (tertiary/aromatic N) is 1. The summed E-state index contributed by atoms with van der Waals surface area (Å²) in [5, 5.41) is 2.91. The molecule has 18 heavy (non-hydrogen) atoms. The normalized spacial score (nSPS) is 10.1. The molecule has 1 N–H and O–H groups in total. The summed E-state index contributed by atoms with van der Waals surface area (Å²) in [6.45, 7) is 4.04. The molecule has 0 atom stereocenters. The van der Waals surface area contributed by atoms with Gasteiger partial charge in [0.2, 0.25) is 5.91 Å². The molecule has 0 aliphatic heterocycles. The molecule has 0 radical (unpaired) electrons. The second-order valence-corrected chi connectivity index (χ2v) is 4.46. The Labute approximate surface area is 107 Å². The van der Waals surface area contributed by atoms with Gasteiger partial charge in [-0.1, -0.05) is 6.07 Å². The average Bonchev–Trinajstić information content (AvgIpc) is 2.28. The summed E-state index contributed by atoms with van der Waals surface area (Å²) in [5.41, 5.74) is 4.11. The number of rotatable bonds is 3. The van der Waals surface area contributed by atoms with Gasteiger partial charge in [0.25, 0.3) is 0 Å². The lowest BCUT2D eigenvalue weighted by atomic mass is 10.1. The smallest absolute Gasteiger partial charge is 0.228 e. The Hall–Kier alpha value is -2.16. The van der Waals surface area contributed by atoms with Crippen LogP contribution in [0.15, 0.2) is 42.7 Å². The van der Waals surface area contributed by atoms with E-state index in [-0.39, 0.29) is 5.91 Å². The molecule has 3 heteroatoms. The van der Waals surface area contributed by atoms with E-state index in [1.807, 2.05) is 38.1 Å². The van der Waals surface area contributed by atoms with Crippen LogP contribution >= 0.6 is 0 Å². The second-order valence-electron chi connectivity index (χ2n) is 4.46. The van der Waals surface area contributed by atoms with Crippen LogP contribution in [-0.4, -0.2) is 10.9 Å². The first-order chi connectivity index (χ1) is 8.63. The summed E-state index contributed by atoms with van der Waals surface area (Å²) in [6.07, 6.45) is 3.76. The minimum Gasteiger partial charge on any atom is -0.326 e. The van der Waals surface area contributed by atoms with Gasteiger partial charge in [0.15, 0.2) is 0 Å². The van der Waals surface area contributed by atoms with Crippen molar-refractivity contribution in [3.63, 3.8) is 0 Å². The number of carbonyl (C=O) groups excluding carboxylic acids is 1. The van der Waals surface area contributed by atoms with Crippen LogP contribution in [0.3, 0.4) is 0 Å². The molecule has 2 rings (SSSR count). The van der Waals surface area contributed by atoms with Gasteiger partial charge in [0, 0.05) is 18.1 Å². The molecule has 0 bridgehead atoms. The molecule has 1 aromatic heterocycles. The third kappa shape index (κ3) is 3.42. The van der Waals surface area contributed by atoms with E-state index in [0.29, 0.717) is 6.42 Å². The quantitative estimate of drug-likeness (QED) is 0.896. The first-order valence-electron chi connectivity index (χ1n) is 5.90. The molecule has 0 fully saturated rings. The van der Waals surface area contributed by atoms with E-state index >= 15 is 0 Å². The van der Waals surface area contributed by atoms with Crippen LogP contribution in [0.5, 0.6) is 0 Å². The molecule has 0 aliphatic carbocycles. The van der Waals surface area contributed by atoms with E-state index in [9.17, 15) is 4.79 Å². The van der Waals surface area contributed by atoms with Gasteiger partial charge in [-0.3, -0.25) is 9.78 Å². The molecule has 0 unspecified atom stereocenters. The summed E-state index contributed by atoms with van der Waals surface area (Å²) in [7, 11) is 0. The summed E-state index contributed by atoms with van der Waals surface area (Å²) in [5.74, 6) is -0.00815. The maximum atomic E-state index is 11.9. The predicted octanol–water partition coefficient (Wildman–Crippen LogP) is 2.88. The van der Waals surface area contributed by atoms with Gasteiger partial charge in [-0.15, -0.1) is 0 Å². The molecule has 1 heterocycles. The van der Waals surface area contributed by atoms with Crippen molar-refractivity contribution in [2.24, 2.45) is 0 Å². The lowest BCUT2D eigenvalue weighted by Gasteiger charge is -2.07. The van der Waals surface area contributed by atoms with Crippen molar-refractivity contribution >= 4 is 11.6 Å². The fraction of sp³-hybridized carbons (Fsp3) is 0.200. The highest BCUT2D eigenvalue weighted by Crippen LogP contribution is 2.14. The number of nitrogens with one attached hydrogen (secondary N) is 1. The Bertz CT molecular complexity index is 529. The Kier molecular flexibility index (Phi) is 3.72. The van der Waals surface area contributed by atoms with Crippen LogP contribution in [0.4, 0.5) is 5.69 Å². The molecule has 92 valence electrons. The summed E-state index contributed by atoms with van der Waals surface area (Å²) in [4.78, 5) is 15.8. The Morgan fingerprint density at radius 1 is 1.11 bits per heavy atom. The van der Waals surface area contributed by atoms with Crippen molar-refractivity contribution in [1.82, 2.24) is 4.98 Å². The highest BCUT2D eigenvalue weighted by atomic mass is 16.1. The zero-order valence-electron chi connectivity index (χ0n) is 10.6. The van der Waals surface area contributed by atoms with E-state index in [0.717, 1.165) is 22.4 Å². The van der Waals surface area contributed by atoms with Gasteiger partial charge >= 0.3 is 0 Å². The fourth-order valence-electron chi connectivity index (χ4n) is 1.94. The van der Waals surface area contributed by atoms with Gasteiger partial charge in [0.05, 0.1) is 6.42 Å². The van der Waals surface area contributed by atoms with E-state index in [1.54, 1.807) is 12.4 Å². The first kappa shape index (κ1) is 12.3. The molecule has 0 saturated carbocycles.